The minimum atomic E-state index is -0.192. The van der Waals surface area contributed by atoms with Gasteiger partial charge in [0.1, 0.15) is 0 Å². The molecule has 0 aliphatic rings. The van der Waals surface area contributed by atoms with E-state index in [0.717, 1.165) is 25.9 Å². The fraction of sp³-hybridized carbons (Fsp3) is 1.00. The van der Waals surface area contributed by atoms with Gasteiger partial charge in [0.25, 0.3) is 0 Å². The predicted molar refractivity (Wildman–Crippen MR) is 46.6 cm³/mol. The van der Waals surface area contributed by atoms with Crippen LogP contribution in [0.3, 0.4) is 0 Å². The van der Waals surface area contributed by atoms with Crippen molar-refractivity contribution in [2.24, 2.45) is 0 Å². The number of hydrogen-bond acceptors (Lipinski definition) is 2. The van der Waals surface area contributed by atoms with E-state index in [9.17, 15) is 0 Å². The van der Waals surface area contributed by atoms with Crippen LogP contribution in [-0.2, 0) is 4.74 Å². The highest BCUT2D eigenvalue weighted by molar-refractivity contribution is 4.54. The minimum absolute atomic E-state index is 0.192. The second-order valence-corrected chi connectivity index (χ2v) is 3.11. The van der Waals surface area contributed by atoms with Crippen molar-refractivity contribution in [2.45, 2.75) is 52.2 Å². The van der Waals surface area contributed by atoms with Gasteiger partial charge in [0, 0.05) is 6.61 Å². The Kier molecular flexibility index (Phi) is 6.57. The predicted octanol–water partition coefficient (Wildman–Crippen LogP) is 1.96. The van der Waals surface area contributed by atoms with E-state index in [0.29, 0.717) is 6.10 Å². The maximum Gasteiger partial charge on any atom is 0.0547 e. The fourth-order valence-corrected chi connectivity index (χ4v) is 0.878. The van der Waals surface area contributed by atoms with Gasteiger partial charge in [-0.15, -0.1) is 0 Å². The third-order valence-electron chi connectivity index (χ3n) is 1.60. The standard InChI is InChI=1S/C9H20O2/c1-4-7-11-9(3)6-5-8(2)10/h8-10H,4-7H2,1-3H3/t8-,9-/m0/s1. The Morgan fingerprint density at radius 1 is 1.27 bits per heavy atom. The second-order valence-electron chi connectivity index (χ2n) is 3.11. The molecule has 0 heterocycles. The molecule has 0 aromatic carbocycles. The molecule has 2 atom stereocenters. The van der Waals surface area contributed by atoms with Gasteiger partial charge in [0.15, 0.2) is 0 Å². The van der Waals surface area contributed by atoms with Crippen LogP contribution in [0.25, 0.3) is 0 Å². The Bertz CT molecular complexity index is 81.6. The fourth-order valence-electron chi connectivity index (χ4n) is 0.878. The molecule has 0 saturated carbocycles. The van der Waals surface area contributed by atoms with E-state index < -0.39 is 0 Å². The van der Waals surface area contributed by atoms with Crippen molar-refractivity contribution in [3.63, 3.8) is 0 Å². The molecule has 0 unspecified atom stereocenters. The molecule has 0 rings (SSSR count). The minimum Gasteiger partial charge on any atom is -0.393 e. The first kappa shape index (κ1) is 10.9. The molecule has 0 spiro atoms. The van der Waals surface area contributed by atoms with Gasteiger partial charge in [-0.3, -0.25) is 0 Å². The van der Waals surface area contributed by atoms with Gasteiger partial charge in [0.2, 0.25) is 0 Å². The average Bonchev–Trinajstić information content (AvgIpc) is 1.97. The zero-order valence-electron chi connectivity index (χ0n) is 7.84. The normalized spacial score (nSPS) is 16.4. The van der Waals surface area contributed by atoms with E-state index in [-0.39, 0.29) is 6.10 Å². The lowest BCUT2D eigenvalue weighted by molar-refractivity contribution is 0.0489. The van der Waals surface area contributed by atoms with Crippen LogP contribution in [0, 0.1) is 0 Å². The Balaban J connectivity index is 3.15. The molecular weight excluding hydrogens is 140 g/mol. The molecule has 68 valence electrons. The van der Waals surface area contributed by atoms with E-state index in [1.807, 2.05) is 6.92 Å². The van der Waals surface area contributed by atoms with Crippen LogP contribution in [0.5, 0.6) is 0 Å². The maximum atomic E-state index is 8.97. The largest absolute Gasteiger partial charge is 0.393 e. The molecule has 0 aliphatic heterocycles. The molecule has 11 heavy (non-hydrogen) atoms. The molecule has 0 fully saturated rings. The number of hydrogen-bond donors (Lipinski definition) is 1. The second kappa shape index (κ2) is 6.62. The van der Waals surface area contributed by atoms with Gasteiger partial charge in [-0.1, -0.05) is 6.92 Å². The lowest BCUT2D eigenvalue weighted by atomic mass is 10.1. The van der Waals surface area contributed by atoms with Crippen LogP contribution in [0.4, 0.5) is 0 Å². The van der Waals surface area contributed by atoms with Crippen LogP contribution in [0.1, 0.15) is 40.0 Å². The highest BCUT2D eigenvalue weighted by Gasteiger charge is 2.03. The zero-order valence-corrected chi connectivity index (χ0v) is 7.84. The van der Waals surface area contributed by atoms with E-state index >= 15 is 0 Å². The topological polar surface area (TPSA) is 29.5 Å². The van der Waals surface area contributed by atoms with Crippen molar-refractivity contribution in [3.05, 3.63) is 0 Å². The number of aliphatic hydroxyl groups excluding tert-OH is 1. The molecule has 0 aromatic rings. The Morgan fingerprint density at radius 3 is 2.36 bits per heavy atom. The highest BCUT2D eigenvalue weighted by Crippen LogP contribution is 2.04. The molecule has 0 aliphatic carbocycles. The van der Waals surface area contributed by atoms with Crippen molar-refractivity contribution in [1.82, 2.24) is 0 Å². The van der Waals surface area contributed by atoms with Gasteiger partial charge in [-0.2, -0.15) is 0 Å². The van der Waals surface area contributed by atoms with Crippen LogP contribution in [0.2, 0.25) is 0 Å². The summed E-state index contributed by atoms with van der Waals surface area (Å²) in [5.41, 5.74) is 0. The zero-order chi connectivity index (χ0) is 8.69. The van der Waals surface area contributed by atoms with Crippen LogP contribution < -0.4 is 0 Å². The molecule has 1 N–H and O–H groups in total. The monoisotopic (exact) mass is 160 g/mol. The van der Waals surface area contributed by atoms with Gasteiger partial charge >= 0.3 is 0 Å². The summed E-state index contributed by atoms with van der Waals surface area (Å²) in [6.07, 6.45) is 2.97. The van der Waals surface area contributed by atoms with Crippen molar-refractivity contribution in [1.29, 1.82) is 0 Å². The van der Waals surface area contributed by atoms with Crippen molar-refractivity contribution < 1.29 is 9.84 Å². The first-order valence-electron chi connectivity index (χ1n) is 4.46. The van der Waals surface area contributed by atoms with Crippen molar-refractivity contribution in [3.8, 4) is 0 Å². The van der Waals surface area contributed by atoms with E-state index in [2.05, 4.69) is 13.8 Å². The average molecular weight is 160 g/mol. The molecule has 0 bridgehead atoms. The summed E-state index contributed by atoms with van der Waals surface area (Å²) in [7, 11) is 0. The molecule has 0 saturated heterocycles. The number of rotatable bonds is 6. The first-order chi connectivity index (χ1) is 5.16. The molecular formula is C9H20O2. The SMILES string of the molecule is CCCO[C@@H](C)CC[C@H](C)O. The first-order valence-corrected chi connectivity index (χ1v) is 4.46. The quantitative estimate of drug-likeness (QED) is 0.643. The Hall–Kier alpha value is -0.0800. The van der Waals surface area contributed by atoms with Gasteiger partial charge in [-0.05, 0) is 33.1 Å². The Morgan fingerprint density at radius 2 is 1.91 bits per heavy atom. The molecule has 0 amide bonds. The highest BCUT2D eigenvalue weighted by atomic mass is 16.5. The Labute approximate surface area is 69.6 Å². The summed E-state index contributed by atoms with van der Waals surface area (Å²) < 4.78 is 5.43. The van der Waals surface area contributed by atoms with Crippen molar-refractivity contribution >= 4 is 0 Å². The summed E-state index contributed by atoms with van der Waals surface area (Å²) >= 11 is 0. The number of aliphatic hydroxyl groups is 1. The molecule has 2 heteroatoms. The summed E-state index contributed by atoms with van der Waals surface area (Å²) in [6.45, 7) is 6.80. The maximum absolute atomic E-state index is 8.97. The van der Waals surface area contributed by atoms with Crippen LogP contribution >= 0.6 is 0 Å². The summed E-state index contributed by atoms with van der Waals surface area (Å²) in [5.74, 6) is 0. The van der Waals surface area contributed by atoms with Crippen LogP contribution in [0.15, 0.2) is 0 Å². The van der Waals surface area contributed by atoms with Gasteiger partial charge in [0.05, 0.1) is 12.2 Å². The molecule has 0 radical (unpaired) electrons. The molecule has 2 nitrogen and oxygen atoms in total. The lowest BCUT2D eigenvalue weighted by Crippen LogP contribution is -2.12. The summed E-state index contributed by atoms with van der Waals surface area (Å²) in [4.78, 5) is 0. The van der Waals surface area contributed by atoms with Crippen LogP contribution in [-0.4, -0.2) is 23.9 Å². The third-order valence-corrected chi connectivity index (χ3v) is 1.60. The van der Waals surface area contributed by atoms with Crippen molar-refractivity contribution in [2.75, 3.05) is 6.61 Å². The third kappa shape index (κ3) is 7.82. The van der Waals surface area contributed by atoms with E-state index in [4.69, 9.17) is 9.84 Å². The van der Waals surface area contributed by atoms with E-state index in [1.54, 1.807) is 0 Å². The molecule has 0 aromatic heterocycles. The lowest BCUT2D eigenvalue weighted by Gasteiger charge is -2.12. The van der Waals surface area contributed by atoms with E-state index in [1.165, 1.54) is 0 Å². The van der Waals surface area contributed by atoms with Gasteiger partial charge in [-0.25, -0.2) is 0 Å². The van der Waals surface area contributed by atoms with Gasteiger partial charge < -0.3 is 9.84 Å². The summed E-state index contributed by atoms with van der Waals surface area (Å²) in [6, 6.07) is 0. The summed E-state index contributed by atoms with van der Waals surface area (Å²) in [5, 5.41) is 8.97. The number of ether oxygens (including phenoxy) is 1. The smallest absolute Gasteiger partial charge is 0.0547 e.